The van der Waals surface area contributed by atoms with Gasteiger partial charge in [0.1, 0.15) is 0 Å². The van der Waals surface area contributed by atoms with E-state index in [9.17, 15) is 4.79 Å². The van der Waals surface area contributed by atoms with Crippen molar-refractivity contribution in [1.82, 2.24) is 15.1 Å². The predicted octanol–water partition coefficient (Wildman–Crippen LogP) is 0.353. The maximum atomic E-state index is 11.7. The molecule has 0 radical (unpaired) electrons. The van der Waals surface area contributed by atoms with Crippen LogP contribution in [0.1, 0.15) is 13.3 Å². The van der Waals surface area contributed by atoms with Gasteiger partial charge in [0.2, 0.25) is 0 Å². The molecule has 0 aromatic carbocycles. The molecule has 0 unspecified atom stereocenters. The van der Waals surface area contributed by atoms with Crippen LogP contribution < -0.4 is 5.32 Å². The molecule has 0 aromatic rings. The Kier molecular flexibility index (Phi) is 4.02. The first-order chi connectivity index (χ1) is 6.29. The Bertz CT molecular complexity index is 172. The molecule has 0 spiro atoms. The standard InChI is InChI=1S/C9H19N3O/c1-3-11-6-4-7-12(9(11)13)8-5-10-2/h10H,3-8H2,1-2H3. The number of urea groups is 1. The molecule has 4 nitrogen and oxygen atoms in total. The summed E-state index contributed by atoms with van der Waals surface area (Å²) in [7, 11) is 1.91. The fourth-order valence-electron chi connectivity index (χ4n) is 1.59. The van der Waals surface area contributed by atoms with Crippen molar-refractivity contribution in [1.29, 1.82) is 0 Å². The van der Waals surface area contributed by atoms with E-state index >= 15 is 0 Å². The van der Waals surface area contributed by atoms with Crippen molar-refractivity contribution in [3.63, 3.8) is 0 Å². The van der Waals surface area contributed by atoms with Crippen molar-refractivity contribution in [2.75, 3.05) is 39.8 Å². The van der Waals surface area contributed by atoms with Gasteiger partial charge in [-0.05, 0) is 20.4 Å². The van der Waals surface area contributed by atoms with Gasteiger partial charge in [-0.1, -0.05) is 0 Å². The average Bonchev–Trinajstić information content (AvgIpc) is 2.16. The number of carbonyl (C=O) groups is 1. The molecule has 1 N–H and O–H groups in total. The third-order valence-electron chi connectivity index (χ3n) is 2.41. The quantitative estimate of drug-likeness (QED) is 0.686. The zero-order chi connectivity index (χ0) is 9.68. The summed E-state index contributed by atoms with van der Waals surface area (Å²) >= 11 is 0. The lowest BCUT2D eigenvalue weighted by atomic mass is 10.3. The van der Waals surface area contributed by atoms with E-state index in [0.29, 0.717) is 0 Å². The molecule has 0 aliphatic carbocycles. The smallest absolute Gasteiger partial charge is 0.320 e. The predicted molar refractivity (Wildman–Crippen MR) is 52.8 cm³/mol. The second-order valence-corrected chi connectivity index (χ2v) is 3.31. The Labute approximate surface area is 79.9 Å². The van der Waals surface area contributed by atoms with E-state index in [1.165, 1.54) is 0 Å². The van der Waals surface area contributed by atoms with Crippen molar-refractivity contribution in [3.05, 3.63) is 0 Å². The number of carbonyl (C=O) groups excluding carboxylic acids is 1. The third-order valence-corrected chi connectivity index (χ3v) is 2.41. The first-order valence-corrected chi connectivity index (χ1v) is 4.98. The van der Waals surface area contributed by atoms with Crippen molar-refractivity contribution < 1.29 is 4.79 Å². The normalized spacial score (nSPS) is 18.2. The van der Waals surface area contributed by atoms with Gasteiger partial charge in [-0.25, -0.2) is 4.79 Å². The molecule has 0 aromatic heterocycles. The van der Waals surface area contributed by atoms with Gasteiger partial charge in [0, 0.05) is 32.7 Å². The zero-order valence-corrected chi connectivity index (χ0v) is 8.55. The van der Waals surface area contributed by atoms with Crippen molar-refractivity contribution in [2.24, 2.45) is 0 Å². The monoisotopic (exact) mass is 185 g/mol. The van der Waals surface area contributed by atoms with Crippen LogP contribution in [0.5, 0.6) is 0 Å². The lowest BCUT2D eigenvalue weighted by Gasteiger charge is -2.34. The number of rotatable bonds is 4. The van der Waals surface area contributed by atoms with Crippen LogP contribution in [0.3, 0.4) is 0 Å². The van der Waals surface area contributed by atoms with Gasteiger partial charge in [-0.3, -0.25) is 0 Å². The number of nitrogens with one attached hydrogen (secondary N) is 1. The van der Waals surface area contributed by atoms with Gasteiger partial charge < -0.3 is 15.1 Å². The molecule has 2 amide bonds. The molecular weight excluding hydrogens is 166 g/mol. The van der Waals surface area contributed by atoms with Gasteiger partial charge in [-0.2, -0.15) is 0 Å². The second-order valence-electron chi connectivity index (χ2n) is 3.31. The Morgan fingerprint density at radius 1 is 1.38 bits per heavy atom. The lowest BCUT2D eigenvalue weighted by molar-refractivity contribution is 0.133. The van der Waals surface area contributed by atoms with Crippen molar-refractivity contribution in [2.45, 2.75) is 13.3 Å². The SMILES string of the molecule is CCN1CCCN(CCNC)C1=O. The van der Waals surface area contributed by atoms with E-state index in [4.69, 9.17) is 0 Å². The highest BCUT2D eigenvalue weighted by Crippen LogP contribution is 2.07. The van der Waals surface area contributed by atoms with E-state index in [-0.39, 0.29) is 6.03 Å². The van der Waals surface area contributed by atoms with E-state index in [1.807, 2.05) is 23.8 Å². The molecule has 1 rings (SSSR count). The van der Waals surface area contributed by atoms with Gasteiger partial charge >= 0.3 is 6.03 Å². The Hall–Kier alpha value is -0.770. The molecule has 1 fully saturated rings. The minimum Gasteiger partial charge on any atom is -0.325 e. The number of amides is 2. The van der Waals surface area contributed by atoms with Crippen molar-refractivity contribution in [3.8, 4) is 0 Å². The van der Waals surface area contributed by atoms with Crippen LogP contribution in [0.15, 0.2) is 0 Å². The van der Waals surface area contributed by atoms with Gasteiger partial charge in [-0.15, -0.1) is 0 Å². The maximum absolute atomic E-state index is 11.7. The number of likely N-dealkylation sites (N-methyl/N-ethyl adjacent to an activating group) is 1. The van der Waals surface area contributed by atoms with Crippen LogP contribution in [0.4, 0.5) is 4.79 Å². The second kappa shape index (κ2) is 5.07. The van der Waals surface area contributed by atoms with E-state index < -0.39 is 0 Å². The summed E-state index contributed by atoms with van der Waals surface area (Å²) in [5.74, 6) is 0. The van der Waals surface area contributed by atoms with Gasteiger partial charge in [0.25, 0.3) is 0 Å². The summed E-state index contributed by atoms with van der Waals surface area (Å²) in [5, 5.41) is 3.06. The van der Waals surface area contributed by atoms with Crippen LogP contribution in [0.25, 0.3) is 0 Å². The summed E-state index contributed by atoms with van der Waals surface area (Å²) in [6, 6.07) is 0.198. The first kappa shape index (κ1) is 10.3. The highest BCUT2D eigenvalue weighted by Gasteiger charge is 2.23. The molecule has 4 heteroatoms. The average molecular weight is 185 g/mol. The van der Waals surface area contributed by atoms with Crippen LogP contribution in [0, 0.1) is 0 Å². The Morgan fingerprint density at radius 2 is 2.08 bits per heavy atom. The third kappa shape index (κ3) is 2.59. The Balaban J connectivity index is 2.40. The molecule has 0 bridgehead atoms. The van der Waals surface area contributed by atoms with Gasteiger partial charge in [0.15, 0.2) is 0 Å². The number of hydrogen-bond donors (Lipinski definition) is 1. The largest absolute Gasteiger partial charge is 0.325 e. The zero-order valence-electron chi connectivity index (χ0n) is 8.55. The molecule has 1 aliphatic rings. The molecule has 0 saturated carbocycles. The number of nitrogens with zero attached hydrogens (tertiary/aromatic N) is 2. The van der Waals surface area contributed by atoms with Gasteiger partial charge in [0.05, 0.1) is 0 Å². The topological polar surface area (TPSA) is 35.6 Å². The van der Waals surface area contributed by atoms with E-state index in [0.717, 1.165) is 39.1 Å². The fraction of sp³-hybridized carbons (Fsp3) is 0.889. The minimum atomic E-state index is 0.198. The minimum absolute atomic E-state index is 0.198. The fourth-order valence-corrected chi connectivity index (χ4v) is 1.59. The van der Waals surface area contributed by atoms with Crippen LogP contribution in [-0.2, 0) is 0 Å². The van der Waals surface area contributed by atoms with Crippen molar-refractivity contribution >= 4 is 6.03 Å². The highest BCUT2D eigenvalue weighted by molar-refractivity contribution is 5.75. The van der Waals surface area contributed by atoms with E-state index in [2.05, 4.69) is 5.32 Å². The maximum Gasteiger partial charge on any atom is 0.320 e. The summed E-state index contributed by atoms with van der Waals surface area (Å²) in [6.07, 6.45) is 1.10. The first-order valence-electron chi connectivity index (χ1n) is 4.98. The molecule has 1 heterocycles. The highest BCUT2D eigenvalue weighted by atomic mass is 16.2. The summed E-state index contributed by atoms with van der Waals surface area (Å²) < 4.78 is 0. The lowest BCUT2D eigenvalue weighted by Crippen LogP contribution is -2.50. The van der Waals surface area contributed by atoms with E-state index in [1.54, 1.807) is 0 Å². The summed E-state index contributed by atoms with van der Waals surface area (Å²) in [5.41, 5.74) is 0. The molecule has 1 aliphatic heterocycles. The Morgan fingerprint density at radius 3 is 2.69 bits per heavy atom. The summed E-state index contributed by atoms with van der Waals surface area (Å²) in [4.78, 5) is 15.5. The molecule has 13 heavy (non-hydrogen) atoms. The van der Waals surface area contributed by atoms with Crippen LogP contribution >= 0.6 is 0 Å². The summed E-state index contributed by atoms with van der Waals surface area (Å²) in [6.45, 7) is 6.39. The van der Waals surface area contributed by atoms with Crippen LogP contribution in [0.2, 0.25) is 0 Å². The molecule has 0 atom stereocenters. The molecular formula is C9H19N3O. The van der Waals surface area contributed by atoms with Crippen LogP contribution in [-0.4, -0.2) is 55.6 Å². The number of hydrogen-bond acceptors (Lipinski definition) is 2. The molecule has 76 valence electrons. The molecule has 1 saturated heterocycles.